The Bertz CT molecular complexity index is 11.6. The van der Waals surface area contributed by atoms with Gasteiger partial charge in [-0.3, -0.25) is 0 Å². The Kier molecular flexibility index (Phi) is 135. The van der Waals surface area contributed by atoms with Crippen molar-refractivity contribution in [3.05, 3.63) is 0 Å². The third-order valence-electron chi connectivity index (χ3n) is 0. The monoisotopic (exact) mass is 310 g/mol. The molecule has 0 aromatic rings. The molecule has 0 N–H and O–H groups in total. The fourth-order valence-electron chi connectivity index (χ4n) is 0. The van der Waals surface area contributed by atoms with Crippen LogP contribution in [0.3, 0.4) is 0 Å². The molecule has 16 valence electrons. The Hall–Kier alpha value is 3.05. The van der Waals surface area contributed by atoms with Crippen LogP contribution in [0.2, 0.25) is 0 Å². The van der Waals surface area contributed by atoms with Gasteiger partial charge in [0.15, 0.2) is 0 Å². The molecule has 0 aliphatic heterocycles. The van der Waals surface area contributed by atoms with E-state index in [1.807, 2.05) is 0 Å². The quantitative estimate of drug-likeness (QED) is 0.496. The summed E-state index contributed by atoms with van der Waals surface area (Å²) in [6.45, 7) is 0. The van der Waals surface area contributed by atoms with Gasteiger partial charge >= 0.3 is 23.3 Å². The van der Waals surface area contributed by atoms with Gasteiger partial charge in [0.25, 0.3) is 0 Å². The smallest absolute Gasteiger partial charge is 0 e. The van der Waals surface area contributed by atoms with Crippen molar-refractivity contribution in [2.45, 2.75) is 0 Å². The molecule has 0 aliphatic carbocycles. The summed E-state index contributed by atoms with van der Waals surface area (Å²) in [4.78, 5) is 0. The summed E-state index contributed by atoms with van der Waals surface area (Å²) in [5.41, 5.74) is 0. The Morgan fingerprint density at radius 2 is 1.20 bits per heavy atom. The van der Waals surface area contributed by atoms with Gasteiger partial charge in [-0.1, -0.05) is 0 Å². The van der Waals surface area contributed by atoms with Gasteiger partial charge < -0.3 is 0 Å². The molecular formula is CdMgSeSiZn. The van der Waals surface area contributed by atoms with Crippen LogP contribution in [0.5, 0.6) is 0 Å². The van der Waals surface area contributed by atoms with E-state index in [0.29, 0.717) is 0 Å². The van der Waals surface area contributed by atoms with Gasteiger partial charge in [0.2, 0.25) is 0 Å². The standard InChI is InChI=1S/Cd.Mg.SeSi.Zn/c;;1-2;. The summed E-state index contributed by atoms with van der Waals surface area (Å²) < 4.78 is 0. The van der Waals surface area contributed by atoms with Gasteiger partial charge in [-0.15, -0.1) is 0 Å². The summed E-state index contributed by atoms with van der Waals surface area (Å²) in [5.74, 6) is 0. The van der Waals surface area contributed by atoms with Gasteiger partial charge in [-0.25, -0.2) is 0 Å². The van der Waals surface area contributed by atoms with E-state index in [9.17, 15) is 0 Å². The molecule has 0 aromatic carbocycles. The molecule has 0 amide bonds. The zero-order chi connectivity index (χ0) is 2.00. The van der Waals surface area contributed by atoms with E-state index in [4.69, 9.17) is 0 Å². The van der Waals surface area contributed by atoms with E-state index in [0.717, 1.165) is 0 Å². The summed E-state index contributed by atoms with van der Waals surface area (Å²) in [7, 11) is 2.85. The maximum atomic E-state index is 2.85. The number of hydrogen-bond acceptors (Lipinski definition) is 0. The van der Waals surface area contributed by atoms with Crippen molar-refractivity contribution in [1.82, 2.24) is 0 Å². The first-order chi connectivity index (χ1) is 1.00. The third kappa shape index (κ3) is 19.3. The maximum absolute atomic E-state index is 2.85. The van der Waals surface area contributed by atoms with Crippen molar-refractivity contribution >= 4 is 46.3 Å². The predicted molar refractivity (Wildman–Crippen MR) is 17.3 cm³/mol. The molecule has 0 nitrogen and oxygen atoms in total. The van der Waals surface area contributed by atoms with Crippen molar-refractivity contribution < 1.29 is 46.8 Å². The second-order valence-electron chi connectivity index (χ2n) is 0. The van der Waals surface area contributed by atoms with Gasteiger partial charge in [0.05, 0.1) is 0 Å². The Morgan fingerprint density at radius 1 is 1.20 bits per heavy atom. The first kappa shape index (κ1) is 24.4. The van der Waals surface area contributed by atoms with Crippen LogP contribution in [0.15, 0.2) is 0 Å². The van der Waals surface area contributed by atoms with Crippen LogP contribution in [0.4, 0.5) is 0 Å². The van der Waals surface area contributed by atoms with E-state index in [1.54, 1.807) is 0 Å². The molecule has 0 aromatic heterocycles. The number of hydrogen-bond donors (Lipinski definition) is 0. The molecule has 0 saturated heterocycles. The molecule has 5 heteroatoms. The molecule has 0 atom stereocenters. The fourth-order valence-corrected chi connectivity index (χ4v) is 0. The van der Waals surface area contributed by atoms with Crippen molar-refractivity contribution in [3.8, 4) is 0 Å². The Balaban J connectivity index is -0.00000000167. The van der Waals surface area contributed by atoms with Crippen molar-refractivity contribution in [3.63, 3.8) is 0 Å². The molecule has 0 saturated carbocycles. The van der Waals surface area contributed by atoms with Crippen molar-refractivity contribution in [2.24, 2.45) is 0 Å². The average molecular weight is 309 g/mol. The predicted octanol–water partition coefficient (Wildman–Crippen LogP) is -1.15. The minimum atomic E-state index is 0. The molecule has 4 radical (unpaired) electrons. The van der Waals surface area contributed by atoms with E-state index in [2.05, 4.69) is 23.3 Å². The van der Waals surface area contributed by atoms with E-state index in [-0.39, 0.29) is 69.8 Å². The summed E-state index contributed by atoms with van der Waals surface area (Å²) >= 11 is 2.43. The minimum absolute atomic E-state index is 0. The molecule has 0 heterocycles. The van der Waals surface area contributed by atoms with Gasteiger partial charge in [-0.05, 0) is 0 Å². The van der Waals surface area contributed by atoms with Gasteiger partial charge in [0, 0.05) is 69.8 Å². The maximum Gasteiger partial charge on any atom is 0 e. The summed E-state index contributed by atoms with van der Waals surface area (Å²) in [6, 6.07) is 0. The zero-order valence-electron chi connectivity index (χ0n) is 3.03. The fraction of sp³-hybridized carbons (Fsp3) is 0. The molecule has 0 fully saturated rings. The molecule has 0 rings (SSSR count). The largest absolute Gasteiger partial charge is 0 e. The SMILES string of the molecule is [Cd].[Mg].[Si]=[Se].[Zn]. The average Bonchev–Trinajstić information content (AvgIpc) is 1.00. The first-order valence-electron chi connectivity index (χ1n) is 0.204. The van der Waals surface area contributed by atoms with Crippen molar-refractivity contribution in [1.29, 1.82) is 0 Å². The normalized spacial score (nSPS) is 0.800. The van der Waals surface area contributed by atoms with Crippen LogP contribution < -0.4 is 0 Å². The Morgan fingerprint density at radius 3 is 1.20 bits per heavy atom. The topological polar surface area (TPSA) is 0 Å². The first-order valence-corrected chi connectivity index (χ1v) is 3.18. The molecule has 0 bridgehead atoms. The Labute approximate surface area is 91.4 Å². The molecule has 0 unspecified atom stereocenters. The molecule has 5 heavy (non-hydrogen) atoms. The zero-order valence-corrected chi connectivity index (χ0v) is 14.2. The van der Waals surface area contributed by atoms with E-state index < -0.39 is 0 Å². The third-order valence-corrected chi connectivity index (χ3v) is 0. The summed E-state index contributed by atoms with van der Waals surface area (Å²) in [6.07, 6.45) is 0. The minimum Gasteiger partial charge on any atom is 0 e. The van der Waals surface area contributed by atoms with Gasteiger partial charge in [0.1, 0.15) is 0 Å². The van der Waals surface area contributed by atoms with Crippen LogP contribution in [0.25, 0.3) is 0 Å². The molecule has 0 aliphatic rings. The van der Waals surface area contributed by atoms with Crippen LogP contribution in [-0.2, 0) is 46.8 Å². The van der Waals surface area contributed by atoms with E-state index >= 15 is 0 Å². The van der Waals surface area contributed by atoms with Crippen LogP contribution in [-0.4, -0.2) is 46.3 Å². The van der Waals surface area contributed by atoms with Crippen molar-refractivity contribution in [2.75, 3.05) is 0 Å². The van der Waals surface area contributed by atoms with Gasteiger partial charge in [-0.2, -0.15) is 0 Å². The number of rotatable bonds is 0. The molecular weight excluding hydrogens is 309 g/mol. The second-order valence-corrected chi connectivity index (χ2v) is 0. The van der Waals surface area contributed by atoms with Crippen LogP contribution in [0, 0.1) is 0 Å². The van der Waals surface area contributed by atoms with Crippen LogP contribution in [0.1, 0.15) is 0 Å². The van der Waals surface area contributed by atoms with E-state index in [1.165, 1.54) is 0 Å². The molecule has 0 spiro atoms. The second kappa shape index (κ2) is 27.7. The van der Waals surface area contributed by atoms with Crippen LogP contribution >= 0.6 is 0 Å². The summed E-state index contributed by atoms with van der Waals surface area (Å²) in [5, 5.41) is 0.